The Bertz CT molecular complexity index is 717. The minimum Gasteiger partial charge on any atom is -0.484 e. The molecular weight excluding hydrogens is 324 g/mol. The van der Waals surface area contributed by atoms with E-state index in [1.807, 2.05) is 36.4 Å². The van der Waals surface area contributed by atoms with Gasteiger partial charge in [0, 0.05) is 25.2 Å². The van der Waals surface area contributed by atoms with Crippen LogP contribution >= 0.6 is 0 Å². The van der Waals surface area contributed by atoms with Crippen LogP contribution < -0.4 is 10.1 Å². The molecule has 4 nitrogen and oxygen atoms in total. The number of fused-ring (bicyclic) bond motifs is 1. The first-order valence-corrected chi connectivity index (χ1v) is 9.44. The molecule has 138 valence electrons. The number of carbonyl (C=O) groups is 1. The molecule has 1 heterocycles. The van der Waals surface area contributed by atoms with E-state index in [9.17, 15) is 4.79 Å². The quantitative estimate of drug-likeness (QED) is 0.860. The van der Waals surface area contributed by atoms with Gasteiger partial charge in [-0.25, -0.2) is 0 Å². The first-order chi connectivity index (χ1) is 12.7. The van der Waals surface area contributed by atoms with Gasteiger partial charge in [0.1, 0.15) is 11.9 Å². The van der Waals surface area contributed by atoms with Crippen LogP contribution in [0.3, 0.4) is 0 Å². The van der Waals surface area contributed by atoms with E-state index >= 15 is 0 Å². The van der Waals surface area contributed by atoms with Crippen LogP contribution in [-0.4, -0.2) is 30.4 Å². The van der Waals surface area contributed by atoms with Crippen molar-refractivity contribution in [3.8, 4) is 5.75 Å². The largest absolute Gasteiger partial charge is 0.484 e. The summed E-state index contributed by atoms with van der Waals surface area (Å²) in [5.74, 6) is 1.49. The van der Waals surface area contributed by atoms with Crippen molar-refractivity contribution in [3.63, 3.8) is 0 Å². The molecule has 0 aliphatic carbocycles. The number of benzene rings is 2. The number of hydrogen-bond acceptors (Lipinski definition) is 3. The van der Waals surface area contributed by atoms with Crippen molar-refractivity contribution in [1.82, 2.24) is 10.2 Å². The van der Waals surface area contributed by atoms with Crippen molar-refractivity contribution in [2.45, 2.75) is 32.9 Å². The summed E-state index contributed by atoms with van der Waals surface area (Å²) in [6.45, 7) is 6.83. The molecule has 2 aromatic rings. The monoisotopic (exact) mass is 352 g/mol. The minimum atomic E-state index is -0.0813. The van der Waals surface area contributed by atoms with Gasteiger partial charge in [0.25, 0.3) is 0 Å². The highest BCUT2D eigenvalue weighted by Gasteiger charge is 2.25. The molecule has 0 radical (unpaired) electrons. The van der Waals surface area contributed by atoms with Crippen LogP contribution in [0.25, 0.3) is 0 Å². The molecule has 2 atom stereocenters. The lowest BCUT2D eigenvalue weighted by atomic mass is 10.1. The summed E-state index contributed by atoms with van der Waals surface area (Å²) >= 11 is 0. The zero-order valence-corrected chi connectivity index (χ0v) is 15.7. The number of ether oxygens (including phenoxy) is 1. The summed E-state index contributed by atoms with van der Waals surface area (Å²) in [7, 11) is 0. The van der Waals surface area contributed by atoms with Crippen LogP contribution in [0, 0.1) is 5.92 Å². The molecule has 4 heteroatoms. The van der Waals surface area contributed by atoms with Crippen molar-refractivity contribution in [3.05, 3.63) is 65.7 Å². The highest BCUT2D eigenvalue weighted by Crippen LogP contribution is 2.30. The van der Waals surface area contributed by atoms with E-state index in [1.165, 1.54) is 0 Å². The van der Waals surface area contributed by atoms with Gasteiger partial charge in [-0.05, 0) is 17.5 Å². The summed E-state index contributed by atoms with van der Waals surface area (Å²) in [5.41, 5.74) is 2.26. The fourth-order valence-electron chi connectivity index (χ4n) is 3.13. The van der Waals surface area contributed by atoms with E-state index in [2.05, 4.69) is 42.3 Å². The first-order valence-electron chi connectivity index (χ1n) is 9.44. The second-order valence-electron chi connectivity index (χ2n) is 7.11. The summed E-state index contributed by atoms with van der Waals surface area (Å²) in [6, 6.07) is 18.3. The standard InChI is InChI=1S/C22H28N2O2/c1-3-17(2)13-23-22(25)16-24-14-19-11-7-8-12-20(19)26-21(15-24)18-9-5-4-6-10-18/h4-12,17,21H,3,13-16H2,1-2H3,(H,23,25)/t17-,21-/m1/s1. The van der Waals surface area contributed by atoms with Gasteiger partial charge in [-0.15, -0.1) is 0 Å². The average molecular weight is 352 g/mol. The van der Waals surface area contributed by atoms with Gasteiger partial charge in [-0.1, -0.05) is 68.8 Å². The van der Waals surface area contributed by atoms with E-state index in [-0.39, 0.29) is 12.0 Å². The van der Waals surface area contributed by atoms with Gasteiger partial charge in [0.2, 0.25) is 5.91 Å². The number of nitrogens with one attached hydrogen (secondary N) is 1. The van der Waals surface area contributed by atoms with Gasteiger partial charge in [-0.3, -0.25) is 9.69 Å². The van der Waals surface area contributed by atoms with Crippen molar-refractivity contribution in [1.29, 1.82) is 0 Å². The van der Waals surface area contributed by atoms with E-state index < -0.39 is 0 Å². The van der Waals surface area contributed by atoms with Crippen molar-refractivity contribution in [2.24, 2.45) is 5.92 Å². The van der Waals surface area contributed by atoms with E-state index in [1.54, 1.807) is 0 Å². The lowest BCUT2D eigenvalue weighted by Gasteiger charge is -2.24. The second kappa shape index (κ2) is 8.86. The first kappa shape index (κ1) is 18.5. The Morgan fingerprint density at radius 1 is 1.19 bits per heavy atom. The molecule has 0 fully saturated rings. The van der Waals surface area contributed by atoms with Crippen molar-refractivity contribution in [2.75, 3.05) is 19.6 Å². The fourth-order valence-corrected chi connectivity index (χ4v) is 3.13. The molecule has 0 saturated heterocycles. The van der Waals surface area contributed by atoms with Gasteiger partial charge >= 0.3 is 0 Å². The number of amides is 1. The van der Waals surface area contributed by atoms with Crippen LogP contribution in [0.4, 0.5) is 0 Å². The number of hydrogen-bond donors (Lipinski definition) is 1. The molecule has 2 aromatic carbocycles. The smallest absolute Gasteiger partial charge is 0.234 e. The lowest BCUT2D eigenvalue weighted by molar-refractivity contribution is -0.122. The van der Waals surface area contributed by atoms with Crippen LogP contribution in [-0.2, 0) is 11.3 Å². The fraction of sp³-hybridized carbons (Fsp3) is 0.409. The zero-order chi connectivity index (χ0) is 18.4. The molecule has 1 aliphatic heterocycles. The van der Waals surface area contributed by atoms with Crippen LogP contribution in [0.2, 0.25) is 0 Å². The molecule has 3 rings (SSSR count). The van der Waals surface area contributed by atoms with Crippen molar-refractivity contribution < 1.29 is 9.53 Å². The predicted octanol–water partition coefficient (Wildman–Crippen LogP) is 3.78. The third-order valence-electron chi connectivity index (χ3n) is 4.94. The number of carbonyl (C=O) groups excluding carboxylic acids is 1. The molecule has 26 heavy (non-hydrogen) atoms. The molecule has 1 N–H and O–H groups in total. The Labute approximate surface area is 156 Å². The summed E-state index contributed by atoms with van der Waals surface area (Å²) < 4.78 is 6.30. The van der Waals surface area contributed by atoms with Crippen LogP contribution in [0.5, 0.6) is 5.75 Å². The Morgan fingerprint density at radius 3 is 2.69 bits per heavy atom. The molecule has 0 unspecified atom stereocenters. The van der Waals surface area contributed by atoms with Gasteiger partial charge in [-0.2, -0.15) is 0 Å². The molecular formula is C22H28N2O2. The van der Waals surface area contributed by atoms with Crippen LogP contribution in [0.15, 0.2) is 54.6 Å². The molecule has 0 aromatic heterocycles. The van der Waals surface area contributed by atoms with Crippen molar-refractivity contribution >= 4 is 5.91 Å². The maximum absolute atomic E-state index is 12.4. The number of nitrogens with zero attached hydrogens (tertiary/aromatic N) is 1. The highest BCUT2D eigenvalue weighted by molar-refractivity contribution is 5.78. The van der Waals surface area contributed by atoms with Gasteiger partial charge < -0.3 is 10.1 Å². The molecule has 1 aliphatic rings. The maximum Gasteiger partial charge on any atom is 0.234 e. The van der Waals surface area contributed by atoms with E-state index in [0.717, 1.165) is 36.4 Å². The third-order valence-corrected chi connectivity index (χ3v) is 4.94. The lowest BCUT2D eigenvalue weighted by Crippen LogP contribution is -2.39. The molecule has 0 spiro atoms. The summed E-state index contributed by atoms with van der Waals surface area (Å²) in [4.78, 5) is 14.6. The minimum absolute atomic E-state index is 0.0801. The average Bonchev–Trinajstić information content (AvgIpc) is 2.85. The molecule has 0 bridgehead atoms. The van der Waals surface area contributed by atoms with Crippen LogP contribution in [0.1, 0.15) is 37.5 Å². The van der Waals surface area contributed by atoms with E-state index in [4.69, 9.17) is 4.74 Å². The van der Waals surface area contributed by atoms with Gasteiger partial charge in [0.05, 0.1) is 6.54 Å². The summed E-state index contributed by atoms with van der Waals surface area (Å²) in [5, 5.41) is 3.06. The molecule has 1 amide bonds. The Kier molecular flexibility index (Phi) is 6.29. The Morgan fingerprint density at radius 2 is 1.92 bits per heavy atom. The number of rotatable bonds is 6. The molecule has 0 saturated carbocycles. The summed E-state index contributed by atoms with van der Waals surface area (Å²) in [6.07, 6.45) is 0.989. The number of para-hydroxylation sites is 1. The highest BCUT2D eigenvalue weighted by atomic mass is 16.5. The second-order valence-corrected chi connectivity index (χ2v) is 7.11. The zero-order valence-electron chi connectivity index (χ0n) is 15.7. The maximum atomic E-state index is 12.4. The van der Waals surface area contributed by atoms with E-state index in [0.29, 0.717) is 19.0 Å². The van der Waals surface area contributed by atoms with Gasteiger partial charge in [0.15, 0.2) is 0 Å². The third kappa shape index (κ3) is 4.85. The SMILES string of the molecule is CC[C@@H](C)CNC(=O)CN1Cc2ccccc2O[C@@H](c2ccccc2)C1. The normalized spacial score (nSPS) is 18.3. The predicted molar refractivity (Wildman–Crippen MR) is 104 cm³/mol. The Balaban J connectivity index is 1.74. The Hall–Kier alpha value is -2.33. The topological polar surface area (TPSA) is 41.6 Å².